The quantitative estimate of drug-likeness (QED) is 0.348. The van der Waals surface area contributed by atoms with Crippen molar-refractivity contribution >= 4 is 11.9 Å². The van der Waals surface area contributed by atoms with Crippen molar-refractivity contribution in [2.75, 3.05) is 6.61 Å². The lowest BCUT2D eigenvalue weighted by atomic mass is 10.0. The van der Waals surface area contributed by atoms with Gasteiger partial charge in [0.25, 0.3) is 5.91 Å². The van der Waals surface area contributed by atoms with Gasteiger partial charge in [-0.15, -0.1) is 0 Å². The Morgan fingerprint density at radius 2 is 1.83 bits per heavy atom. The predicted molar refractivity (Wildman–Crippen MR) is 134 cm³/mol. The van der Waals surface area contributed by atoms with Crippen LogP contribution in [-0.4, -0.2) is 33.2 Å². The maximum absolute atomic E-state index is 12.7. The molecule has 0 saturated heterocycles. The van der Waals surface area contributed by atoms with Crippen LogP contribution in [0.4, 0.5) is 0 Å². The second-order valence-corrected chi connectivity index (χ2v) is 8.08. The number of aromatic nitrogens is 3. The summed E-state index contributed by atoms with van der Waals surface area (Å²) >= 11 is 0. The van der Waals surface area contributed by atoms with Crippen LogP contribution >= 0.6 is 0 Å². The number of carbonyl (C=O) groups excluding carboxylic acids is 2. The SMILES string of the molecule is CCOC(=O)CCc1cn(Cc2cccc(C(=O)NCc3ccccn3)c2)nc1-c1ccccc1. The number of hydrogen-bond acceptors (Lipinski definition) is 5. The average Bonchev–Trinajstić information content (AvgIpc) is 3.30. The van der Waals surface area contributed by atoms with Crippen LogP contribution in [0, 0.1) is 0 Å². The Balaban J connectivity index is 1.49. The van der Waals surface area contributed by atoms with E-state index in [0.29, 0.717) is 38.1 Å². The summed E-state index contributed by atoms with van der Waals surface area (Å²) in [5.74, 6) is -0.373. The highest BCUT2D eigenvalue weighted by Crippen LogP contribution is 2.24. The summed E-state index contributed by atoms with van der Waals surface area (Å²) in [5, 5.41) is 7.72. The molecule has 0 atom stereocenters. The van der Waals surface area contributed by atoms with Crippen molar-refractivity contribution in [3.05, 3.63) is 108 Å². The molecular formula is C28H28N4O3. The molecule has 7 heteroatoms. The molecule has 178 valence electrons. The lowest BCUT2D eigenvalue weighted by molar-refractivity contribution is -0.143. The maximum Gasteiger partial charge on any atom is 0.306 e. The molecule has 0 radical (unpaired) electrons. The Bertz CT molecular complexity index is 1270. The molecule has 0 fully saturated rings. The van der Waals surface area contributed by atoms with Gasteiger partial charge >= 0.3 is 5.97 Å². The van der Waals surface area contributed by atoms with Gasteiger partial charge in [-0.1, -0.05) is 48.5 Å². The molecule has 7 nitrogen and oxygen atoms in total. The van der Waals surface area contributed by atoms with Crippen molar-refractivity contribution in [1.82, 2.24) is 20.1 Å². The summed E-state index contributed by atoms with van der Waals surface area (Å²) in [7, 11) is 0. The third-order valence-corrected chi connectivity index (χ3v) is 5.48. The van der Waals surface area contributed by atoms with E-state index in [1.807, 2.05) is 77.6 Å². The van der Waals surface area contributed by atoms with Crippen LogP contribution in [-0.2, 0) is 29.0 Å². The largest absolute Gasteiger partial charge is 0.466 e. The van der Waals surface area contributed by atoms with Crippen LogP contribution in [0.3, 0.4) is 0 Å². The van der Waals surface area contributed by atoms with Gasteiger partial charge in [0.15, 0.2) is 0 Å². The van der Waals surface area contributed by atoms with E-state index in [9.17, 15) is 9.59 Å². The lowest BCUT2D eigenvalue weighted by Crippen LogP contribution is -2.23. The molecule has 1 amide bonds. The zero-order valence-corrected chi connectivity index (χ0v) is 19.7. The summed E-state index contributed by atoms with van der Waals surface area (Å²) in [6.45, 7) is 3.04. The molecule has 2 heterocycles. The van der Waals surface area contributed by atoms with Gasteiger partial charge in [0.1, 0.15) is 0 Å². The van der Waals surface area contributed by atoms with E-state index < -0.39 is 0 Å². The van der Waals surface area contributed by atoms with E-state index in [-0.39, 0.29) is 11.9 Å². The first kappa shape index (κ1) is 23.9. The fourth-order valence-electron chi connectivity index (χ4n) is 3.81. The van der Waals surface area contributed by atoms with Gasteiger partial charge in [-0.2, -0.15) is 5.10 Å². The summed E-state index contributed by atoms with van der Waals surface area (Å²) in [6, 6.07) is 23.0. The first-order valence-corrected chi connectivity index (χ1v) is 11.7. The Labute approximate surface area is 204 Å². The molecule has 0 spiro atoms. The highest BCUT2D eigenvalue weighted by Gasteiger charge is 2.14. The molecule has 4 rings (SSSR count). The number of rotatable bonds is 10. The molecule has 0 aliphatic rings. The van der Waals surface area contributed by atoms with Crippen LogP contribution in [0.15, 0.2) is 85.2 Å². The fourth-order valence-corrected chi connectivity index (χ4v) is 3.81. The van der Waals surface area contributed by atoms with Crippen LogP contribution in [0.25, 0.3) is 11.3 Å². The second kappa shape index (κ2) is 11.7. The summed E-state index contributed by atoms with van der Waals surface area (Å²) in [5.41, 5.74) is 5.16. The highest BCUT2D eigenvalue weighted by molar-refractivity contribution is 5.94. The fraction of sp³-hybridized carbons (Fsp3) is 0.214. The Morgan fingerprint density at radius 3 is 2.60 bits per heavy atom. The minimum Gasteiger partial charge on any atom is -0.466 e. The molecule has 2 aromatic heterocycles. The Hall–Kier alpha value is -4.26. The first-order chi connectivity index (χ1) is 17.1. The van der Waals surface area contributed by atoms with E-state index in [1.165, 1.54) is 0 Å². The van der Waals surface area contributed by atoms with Crippen LogP contribution in [0.1, 0.15) is 40.5 Å². The molecule has 4 aromatic rings. The smallest absolute Gasteiger partial charge is 0.306 e. The van der Waals surface area contributed by atoms with Gasteiger partial charge in [-0.25, -0.2) is 0 Å². The van der Waals surface area contributed by atoms with Crippen molar-refractivity contribution in [3.8, 4) is 11.3 Å². The van der Waals surface area contributed by atoms with E-state index in [1.54, 1.807) is 19.2 Å². The van der Waals surface area contributed by atoms with Crippen molar-refractivity contribution in [2.45, 2.75) is 32.9 Å². The second-order valence-electron chi connectivity index (χ2n) is 8.08. The molecule has 0 bridgehead atoms. The molecule has 0 aliphatic carbocycles. The maximum atomic E-state index is 12.7. The summed E-state index contributed by atoms with van der Waals surface area (Å²) in [4.78, 5) is 28.8. The van der Waals surface area contributed by atoms with Gasteiger partial charge in [0.05, 0.1) is 31.1 Å². The van der Waals surface area contributed by atoms with Crippen LogP contribution in [0.5, 0.6) is 0 Å². The average molecular weight is 469 g/mol. The van der Waals surface area contributed by atoms with Gasteiger partial charge in [0.2, 0.25) is 0 Å². The summed E-state index contributed by atoms with van der Waals surface area (Å²) in [6.07, 6.45) is 4.51. The van der Waals surface area contributed by atoms with Gasteiger partial charge in [-0.3, -0.25) is 19.3 Å². The van der Waals surface area contributed by atoms with Crippen LogP contribution < -0.4 is 5.32 Å². The number of hydrogen-bond donors (Lipinski definition) is 1. The highest BCUT2D eigenvalue weighted by atomic mass is 16.5. The molecule has 0 unspecified atom stereocenters. The van der Waals surface area contributed by atoms with Crippen molar-refractivity contribution in [1.29, 1.82) is 0 Å². The van der Waals surface area contributed by atoms with Gasteiger partial charge in [0, 0.05) is 29.9 Å². The van der Waals surface area contributed by atoms with Crippen molar-refractivity contribution < 1.29 is 14.3 Å². The molecule has 0 saturated carbocycles. The molecule has 1 N–H and O–H groups in total. The molecular weight excluding hydrogens is 440 g/mol. The minimum atomic E-state index is -0.219. The van der Waals surface area contributed by atoms with Gasteiger partial charge < -0.3 is 10.1 Å². The number of aryl methyl sites for hydroxylation is 1. The standard InChI is InChI=1S/C28H28N4O3/c1-2-35-26(33)15-14-24-20-32(31-27(24)22-10-4-3-5-11-22)19-21-9-8-12-23(17-21)28(34)30-18-25-13-6-7-16-29-25/h3-13,16-17,20H,2,14-15,18-19H2,1H3,(H,30,34). The molecule has 35 heavy (non-hydrogen) atoms. The van der Waals surface area contributed by atoms with Crippen LogP contribution in [0.2, 0.25) is 0 Å². The van der Waals surface area contributed by atoms with E-state index in [4.69, 9.17) is 9.84 Å². The monoisotopic (exact) mass is 468 g/mol. The third-order valence-electron chi connectivity index (χ3n) is 5.48. The number of carbonyl (C=O) groups is 2. The lowest BCUT2D eigenvalue weighted by Gasteiger charge is -2.07. The number of nitrogens with zero attached hydrogens (tertiary/aromatic N) is 3. The van der Waals surface area contributed by atoms with Crippen molar-refractivity contribution in [3.63, 3.8) is 0 Å². The zero-order chi connectivity index (χ0) is 24.5. The van der Waals surface area contributed by atoms with Gasteiger partial charge in [-0.05, 0) is 48.7 Å². The third kappa shape index (κ3) is 6.63. The topological polar surface area (TPSA) is 86.1 Å². The first-order valence-electron chi connectivity index (χ1n) is 11.7. The Kier molecular flexibility index (Phi) is 8.01. The number of nitrogens with one attached hydrogen (secondary N) is 1. The zero-order valence-electron chi connectivity index (χ0n) is 19.7. The van der Waals surface area contributed by atoms with E-state index in [2.05, 4.69) is 10.3 Å². The normalized spacial score (nSPS) is 10.7. The number of esters is 1. The van der Waals surface area contributed by atoms with Crippen molar-refractivity contribution in [2.24, 2.45) is 0 Å². The number of amides is 1. The Morgan fingerprint density at radius 1 is 1.00 bits per heavy atom. The number of pyridine rings is 1. The number of ether oxygens (including phenoxy) is 1. The molecule has 0 aliphatic heterocycles. The van der Waals surface area contributed by atoms with E-state index in [0.717, 1.165) is 28.1 Å². The predicted octanol–water partition coefficient (Wildman–Crippen LogP) is 4.42. The minimum absolute atomic E-state index is 0.155. The number of benzene rings is 2. The summed E-state index contributed by atoms with van der Waals surface area (Å²) < 4.78 is 6.94. The molecule has 2 aromatic carbocycles. The van der Waals surface area contributed by atoms with E-state index >= 15 is 0 Å².